The summed E-state index contributed by atoms with van der Waals surface area (Å²) in [5, 5.41) is 10.2. The van der Waals surface area contributed by atoms with Crippen molar-refractivity contribution >= 4 is 17.2 Å². The van der Waals surface area contributed by atoms with Crippen molar-refractivity contribution in [3.63, 3.8) is 0 Å². The Balaban J connectivity index is 1.86. The van der Waals surface area contributed by atoms with Crippen LogP contribution >= 0.6 is 11.3 Å². The number of aromatic amines is 1. The first-order chi connectivity index (χ1) is 9.25. The fourth-order valence-electron chi connectivity index (χ4n) is 2.43. The molecule has 1 N–H and O–H groups in total. The molecule has 1 aliphatic rings. The van der Waals surface area contributed by atoms with Crippen LogP contribution in [0, 0.1) is 0 Å². The van der Waals surface area contributed by atoms with Gasteiger partial charge < -0.3 is 4.90 Å². The van der Waals surface area contributed by atoms with E-state index in [4.69, 9.17) is 0 Å². The first-order valence-corrected chi connectivity index (χ1v) is 7.09. The molecule has 1 saturated heterocycles. The number of aromatic nitrogens is 2. The van der Waals surface area contributed by atoms with Gasteiger partial charge in [0.1, 0.15) is 5.69 Å². The number of hydrogen-bond acceptors (Lipinski definition) is 4. The molecule has 2 aromatic rings. The number of nitrogens with one attached hydrogen (secondary N) is 1. The molecule has 2 aromatic heterocycles. The Morgan fingerprint density at radius 1 is 1.42 bits per heavy atom. The topological polar surface area (TPSA) is 66.1 Å². The van der Waals surface area contributed by atoms with Crippen molar-refractivity contribution < 1.29 is 4.79 Å². The predicted octanol–water partition coefficient (Wildman–Crippen LogP) is 1.81. The molecule has 1 fully saturated rings. The third-order valence-electron chi connectivity index (χ3n) is 3.34. The normalized spacial score (nSPS) is 18.7. The number of likely N-dealkylation sites (tertiary alicyclic amines) is 1. The van der Waals surface area contributed by atoms with Crippen molar-refractivity contribution in [2.24, 2.45) is 0 Å². The number of H-pyrrole nitrogens is 1. The summed E-state index contributed by atoms with van der Waals surface area (Å²) >= 11 is 1.64. The molecule has 3 heterocycles. The minimum Gasteiger partial charge on any atom is -0.330 e. The number of nitrogens with zero attached hydrogens (tertiary/aromatic N) is 2. The predicted molar refractivity (Wildman–Crippen MR) is 72.2 cm³/mol. The van der Waals surface area contributed by atoms with Crippen LogP contribution in [0.15, 0.2) is 33.8 Å². The number of rotatable bonds is 2. The molecule has 0 saturated carbocycles. The number of carbonyl (C=O) groups is 1. The van der Waals surface area contributed by atoms with Gasteiger partial charge in [-0.05, 0) is 41.3 Å². The Labute approximate surface area is 113 Å². The van der Waals surface area contributed by atoms with E-state index in [1.54, 1.807) is 11.3 Å². The fraction of sp³-hybridized carbons (Fsp3) is 0.308. The molecule has 0 unspecified atom stereocenters. The Bertz CT molecular complexity index is 615. The summed E-state index contributed by atoms with van der Waals surface area (Å²) in [7, 11) is 0. The fourth-order valence-corrected chi connectivity index (χ4v) is 3.14. The molecule has 0 aromatic carbocycles. The van der Waals surface area contributed by atoms with Gasteiger partial charge in [-0.15, -0.1) is 0 Å². The molecule has 1 aliphatic heterocycles. The Kier molecular flexibility index (Phi) is 3.16. The van der Waals surface area contributed by atoms with Crippen LogP contribution in [0.1, 0.15) is 34.9 Å². The summed E-state index contributed by atoms with van der Waals surface area (Å²) < 4.78 is 0. The first-order valence-electron chi connectivity index (χ1n) is 6.14. The molecule has 6 heteroatoms. The van der Waals surface area contributed by atoms with Crippen LogP contribution in [0.2, 0.25) is 0 Å². The summed E-state index contributed by atoms with van der Waals surface area (Å²) in [6.07, 6.45) is 1.97. The van der Waals surface area contributed by atoms with E-state index in [0.29, 0.717) is 5.69 Å². The lowest BCUT2D eigenvalue weighted by Crippen LogP contribution is -2.31. The molecule has 1 amide bonds. The zero-order valence-corrected chi connectivity index (χ0v) is 11.0. The zero-order chi connectivity index (χ0) is 13.2. The van der Waals surface area contributed by atoms with E-state index in [9.17, 15) is 9.59 Å². The highest BCUT2D eigenvalue weighted by molar-refractivity contribution is 7.07. The molecule has 3 rings (SSSR count). The van der Waals surface area contributed by atoms with Crippen LogP contribution in [-0.4, -0.2) is 27.5 Å². The highest BCUT2D eigenvalue weighted by Crippen LogP contribution is 2.33. The molecule has 0 spiro atoms. The molecule has 98 valence electrons. The number of thiophene rings is 1. The molecule has 5 nitrogen and oxygen atoms in total. The Hall–Kier alpha value is -1.95. The molecule has 1 atom stereocenters. The minimum atomic E-state index is -0.299. The van der Waals surface area contributed by atoms with Gasteiger partial charge in [-0.2, -0.15) is 16.4 Å². The maximum absolute atomic E-state index is 12.4. The number of carbonyl (C=O) groups excluding carboxylic acids is 1. The second-order valence-corrected chi connectivity index (χ2v) is 5.30. The molecular formula is C13H13N3O2S. The lowest BCUT2D eigenvalue weighted by molar-refractivity contribution is 0.0728. The maximum atomic E-state index is 12.4. The highest BCUT2D eigenvalue weighted by atomic mass is 32.1. The lowest BCUT2D eigenvalue weighted by Gasteiger charge is -2.23. The highest BCUT2D eigenvalue weighted by Gasteiger charge is 2.31. The van der Waals surface area contributed by atoms with Gasteiger partial charge >= 0.3 is 0 Å². The van der Waals surface area contributed by atoms with Gasteiger partial charge in [0.25, 0.3) is 11.5 Å². The van der Waals surface area contributed by atoms with E-state index in [-0.39, 0.29) is 17.5 Å². The van der Waals surface area contributed by atoms with Crippen LogP contribution in [0.4, 0.5) is 0 Å². The van der Waals surface area contributed by atoms with E-state index in [1.165, 1.54) is 17.7 Å². The van der Waals surface area contributed by atoms with E-state index in [0.717, 1.165) is 19.4 Å². The molecular weight excluding hydrogens is 262 g/mol. The lowest BCUT2D eigenvalue weighted by atomic mass is 10.1. The maximum Gasteiger partial charge on any atom is 0.274 e. The Morgan fingerprint density at radius 2 is 2.32 bits per heavy atom. The van der Waals surface area contributed by atoms with Gasteiger partial charge in [-0.3, -0.25) is 9.59 Å². The van der Waals surface area contributed by atoms with Crippen molar-refractivity contribution in [3.8, 4) is 0 Å². The third-order valence-corrected chi connectivity index (χ3v) is 4.04. The van der Waals surface area contributed by atoms with Gasteiger partial charge in [-0.1, -0.05) is 0 Å². The van der Waals surface area contributed by atoms with Crippen LogP contribution in [-0.2, 0) is 0 Å². The van der Waals surface area contributed by atoms with Gasteiger partial charge in [0.2, 0.25) is 0 Å². The second kappa shape index (κ2) is 4.97. The minimum absolute atomic E-state index is 0.120. The second-order valence-electron chi connectivity index (χ2n) is 4.52. The number of amides is 1. The summed E-state index contributed by atoms with van der Waals surface area (Å²) in [6.45, 7) is 0.736. The monoisotopic (exact) mass is 275 g/mol. The van der Waals surface area contributed by atoms with Crippen molar-refractivity contribution in [2.45, 2.75) is 18.9 Å². The smallest absolute Gasteiger partial charge is 0.274 e. The molecule has 0 bridgehead atoms. The zero-order valence-electron chi connectivity index (χ0n) is 10.2. The van der Waals surface area contributed by atoms with Crippen LogP contribution in [0.3, 0.4) is 0 Å². The van der Waals surface area contributed by atoms with Crippen LogP contribution in [0.5, 0.6) is 0 Å². The number of hydrogen-bond donors (Lipinski definition) is 1. The summed E-state index contributed by atoms with van der Waals surface area (Å²) in [5.41, 5.74) is 1.18. The van der Waals surface area contributed by atoms with Crippen molar-refractivity contribution in [1.29, 1.82) is 0 Å². The van der Waals surface area contributed by atoms with E-state index in [2.05, 4.69) is 21.6 Å². The summed E-state index contributed by atoms with van der Waals surface area (Å²) in [4.78, 5) is 25.2. The van der Waals surface area contributed by atoms with Gasteiger partial charge in [0.15, 0.2) is 0 Å². The van der Waals surface area contributed by atoms with Gasteiger partial charge in [0, 0.05) is 12.6 Å². The van der Waals surface area contributed by atoms with Crippen LogP contribution < -0.4 is 5.56 Å². The quantitative estimate of drug-likeness (QED) is 0.909. The van der Waals surface area contributed by atoms with Gasteiger partial charge in [0.05, 0.1) is 6.04 Å². The third kappa shape index (κ3) is 2.31. The largest absolute Gasteiger partial charge is 0.330 e. The average molecular weight is 275 g/mol. The van der Waals surface area contributed by atoms with Gasteiger partial charge in [-0.25, -0.2) is 5.10 Å². The SMILES string of the molecule is O=C(c1ccc(=O)[nH]n1)N1CCC[C@@H]1c1ccsc1. The molecule has 19 heavy (non-hydrogen) atoms. The van der Waals surface area contributed by atoms with E-state index >= 15 is 0 Å². The average Bonchev–Trinajstić information content (AvgIpc) is 3.09. The standard InChI is InChI=1S/C13H13N3O2S/c17-12-4-3-10(14-15-12)13(18)16-6-1-2-11(16)9-5-7-19-8-9/h3-5,7-8,11H,1-2,6H2,(H,15,17)/t11-/m1/s1. The Morgan fingerprint density at radius 3 is 3.00 bits per heavy atom. The van der Waals surface area contributed by atoms with E-state index in [1.807, 2.05) is 10.3 Å². The molecule has 0 radical (unpaired) electrons. The summed E-state index contributed by atoms with van der Waals surface area (Å²) in [5.74, 6) is -0.120. The van der Waals surface area contributed by atoms with Crippen molar-refractivity contribution in [2.75, 3.05) is 6.54 Å². The van der Waals surface area contributed by atoms with Crippen molar-refractivity contribution in [1.82, 2.24) is 15.1 Å². The van der Waals surface area contributed by atoms with Crippen LogP contribution in [0.25, 0.3) is 0 Å². The van der Waals surface area contributed by atoms with Crippen molar-refractivity contribution in [3.05, 3.63) is 50.6 Å². The first kappa shape index (κ1) is 12.1. The van der Waals surface area contributed by atoms with E-state index < -0.39 is 0 Å². The summed E-state index contributed by atoms with van der Waals surface area (Å²) in [6, 6.07) is 4.99. The molecule has 0 aliphatic carbocycles.